The van der Waals surface area contributed by atoms with Gasteiger partial charge in [0.05, 0.1) is 25.9 Å². The fraction of sp³-hybridized carbons (Fsp3) is 0.538. The lowest BCUT2D eigenvalue weighted by Gasteiger charge is -2.31. The van der Waals surface area contributed by atoms with Crippen molar-refractivity contribution in [2.75, 3.05) is 26.4 Å². The van der Waals surface area contributed by atoms with Crippen molar-refractivity contribution in [3.63, 3.8) is 0 Å². The van der Waals surface area contributed by atoms with Crippen LogP contribution >= 0.6 is 0 Å². The highest BCUT2D eigenvalue weighted by molar-refractivity contribution is 5.23. The van der Waals surface area contributed by atoms with Crippen molar-refractivity contribution in [1.29, 1.82) is 0 Å². The van der Waals surface area contributed by atoms with Gasteiger partial charge in [-0.25, -0.2) is 8.78 Å². The second-order valence-corrected chi connectivity index (χ2v) is 4.16. The largest absolute Gasteiger partial charge is 0.376 e. The molecule has 1 aliphatic rings. The highest BCUT2D eigenvalue weighted by Crippen LogP contribution is 2.25. The van der Waals surface area contributed by atoms with Gasteiger partial charge in [0.2, 0.25) is 0 Å². The molecule has 3 nitrogen and oxygen atoms in total. The molecule has 5 heteroatoms. The SMILES string of the molecule is CCNC(c1cccc(F)c1F)C1COCCO1. The average molecular weight is 257 g/mol. The van der Waals surface area contributed by atoms with E-state index in [-0.39, 0.29) is 11.7 Å². The summed E-state index contributed by atoms with van der Waals surface area (Å²) in [6.45, 7) is 3.95. The molecule has 2 atom stereocenters. The predicted octanol–water partition coefficient (Wildman–Crippen LogP) is 2.03. The van der Waals surface area contributed by atoms with Crippen LogP contribution in [0.5, 0.6) is 0 Å². The molecular formula is C13H17F2NO2. The fourth-order valence-electron chi connectivity index (χ4n) is 2.12. The summed E-state index contributed by atoms with van der Waals surface area (Å²) in [5.41, 5.74) is 0.285. The second-order valence-electron chi connectivity index (χ2n) is 4.16. The fourth-order valence-corrected chi connectivity index (χ4v) is 2.12. The molecule has 1 aromatic rings. The van der Waals surface area contributed by atoms with E-state index in [1.54, 1.807) is 6.07 Å². The number of rotatable bonds is 4. The Balaban J connectivity index is 2.25. The van der Waals surface area contributed by atoms with E-state index in [0.29, 0.717) is 26.4 Å². The Morgan fingerprint density at radius 2 is 2.22 bits per heavy atom. The van der Waals surface area contributed by atoms with Gasteiger partial charge in [-0.15, -0.1) is 0 Å². The van der Waals surface area contributed by atoms with Crippen LogP contribution in [0.4, 0.5) is 8.78 Å². The van der Waals surface area contributed by atoms with Crippen molar-refractivity contribution in [2.45, 2.75) is 19.1 Å². The normalized spacial score (nSPS) is 21.8. The molecule has 1 heterocycles. The van der Waals surface area contributed by atoms with E-state index in [4.69, 9.17) is 9.47 Å². The summed E-state index contributed by atoms with van der Waals surface area (Å²) in [7, 11) is 0. The number of hydrogen-bond donors (Lipinski definition) is 1. The van der Waals surface area contributed by atoms with E-state index in [0.717, 1.165) is 6.07 Å². The van der Waals surface area contributed by atoms with Crippen LogP contribution in [0.25, 0.3) is 0 Å². The Labute approximate surface area is 105 Å². The first kappa shape index (κ1) is 13.4. The summed E-state index contributed by atoms with van der Waals surface area (Å²) in [5, 5.41) is 3.12. The van der Waals surface area contributed by atoms with Gasteiger partial charge in [0.15, 0.2) is 11.6 Å². The van der Waals surface area contributed by atoms with Crippen molar-refractivity contribution < 1.29 is 18.3 Å². The van der Waals surface area contributed by atoms with Gasteiger partial charge in [-0.2, -0.15) is 0 Å². The summed E-state index contributed by atoms with van der Waals surface area (Å²) in [6.07, 6.45) is -0.296. The molecule has 100 valence electrons. The van der Waals surface area contributed by atoms with Crippen molar-refractivity contribution in [1.82, 2.24) is 5.32 Å². The van der Waals surface area contributed by atoms with Crippen LogP contribution in [-0.2, 0) is 9.47 Å². The van der Waals surface area contributed by atoms with Gasteiger partial charge in [-0.1, -0.05) is 19.1 Å². The van der Waals surface area contributed by atoms with Gasteiger partial charge < -0.3 is 14.8 Å². The zero-order valence-electron chi connectivity index (χ0n) is 10.3. The summed E-state index contributed by atoms with van der Waals surface area (Å²) in [6, 6.07) is 3.79. The third-order valence-corrected chi connectivity index (χ3v) is 2.95. The minimum absolute atomic E-state index is 0.285. The smallest absolute Gasteiger partial charge is 0.163 e. The topological polar surface area (TPSA) is 30.5 Å². The quantitative estimate of drug-likeness (QED) is 0.895. The number of likely N-dealkylation sites (N-methyl/N-ethyl adjacent to an activating group) is 1. The molecule has 1 fully saturated rings. The highest BCUT2D eigenvalue weighted by atomic mass is 19.2. The Kier molecular flexibility index (Phi) is 4.63. The maximum absolute atomic E-state index is 13.8. The molecule has 0 bridgehead atoms. The molecule has 2 rings (SSSR count). The molecule has 0 aromatic heterocycles. The Hall–Kier alpha value is -1.04. The maximum Gasteiger partial charge on any atom is 0.163 e. The summed E-state index contributed by atoms with van der Waals surface area (Å²) < 4.78 is 38.0. The molecule has 18 heavy (non-hydrogen) atoms. The summed E-state index contributed by atoms with van der Waals surface area (Å²) >= 11 is 0. The average Bonchev–Trinajstić information content (AvgIpc) is 2.41. The first-order valence-electron chi connectivity index (χ1n) is 6.10. The monoisotopic (exact) mass is 257 g/mol. The molecule has 1 N–H and O–H groups in total. The zero-order valence-corrected chi connectivity index (χ0v) is 10.3. The molecule has 1 saturated heterocycles. The third-order valence-electron chi connectivity index (χ3n) is 2.95. The number of hydrogen-bond acceptors (Lipinski definition) is 3. The van der Waals surface area contributed by atoms with Gasteiger partial charge in [-0.3, -0.25) is 0 Å². The van der Waals surface area contributed by atoms with Gasteiger partial charge >= 0.3 is 0 Å². The third kappa shape index (κ3) is 2.85. The van der Waals surface area contributed by atoms with Crippen LogP contribution < -0.4 is 5.32 Å². The lowest BCUT2D eigenvalue weighted by molar-refractivity contribution is -0.102. The standard InChI is InChI=1S/C13H17F2NO2/c1-2-16-13(11-8-17-6-7-18-11)9-4-3-5-10(14)12(9)15/h3-5,11,13,16H,2,6-8H2,1H3. The Morgan fingerprint density at radius 1 is 1.39 bits per heavy atom. The Bertz CT molecular complexity index is 395. The van der Waals surface area contributed by atoms with Crippen molar-refractivity contribution >= 4 is 0 Å². The lowest BCUT2D eigenvalue weighted by atomic mass is 10.0. The van der Waals surface area contributed by atoms with Crippen molar-refractivity contribution in [3.8, 4) is 0 Å². The van der Waals surface area contributed by atoms with Gasteiger partial charge in [-0.05, 0) is 12.6 Å². The van der Waals surface area contributed by atoms with Crippen LogP contribution in [0.3, 0.4) is 0 Å². The molecule has 0 saturated carbocycles. The lowest BCUT2D eigenvalue weighted by Crippen LogP contribution is -2.41. The molecule has 0 amide bonds. The molecular weight excluding hydrogens is 240 g/mol. The number of halogens is 2. The van der Waals surface area contributed by atoms with E-state index in [1.165, 1.54) is 6.07 Å². The molecule has 2 unspecified atom stereocenters. The van der Waals surface area contributed by atoms with Crippen LogP contribution in [0.2, 0.25) is 0 Å². The number of nitrogens with one attached hydrogen (secondary N) is 1. The first-order valence-corrected chi connectivity index (χ1v) is 6.10. The van der Waals surface area contributed by atoms with E-state index in [2.05, 4.69) is 5.32 Å². The van der Waals surface area contributed by atoms with Gasteiger partial charge in [0.1, 0.15) is 6.10 Å². The zero-order chi connectivity index (χ0) is 13.0. The molecule has 0 aliphatic carbocycles. The van der Waals surface area contributed by atoms with E-state index in [9.17, 15) is 8.78 Å². The first-order chi connectivity index (χ1) is 8.74. The highest BCUT2D eigenvalue weighted by Gasteiger charge is 2.28. The van der Waals surface area contributed by atoms with Crippen LogP contribution in [-0.4, -0.2) is 32.5 Å². The van der Waals surface area contributed by atoms with Crippen molar-refractivity contribution in [3.05, 3.63) is 35.4 Å². The van der Waals surface area contributed by atoms with Crippen molar-refractivity contribution in [2.24, 2.45) is 0 Å². The number of ether oxygens (including phenoxy) is 2. The summed E-state index contributed by atoms with van der Waals surface area (Å²) in [5.74, 6) is -1.66. The molecule has 0 spiro atoms. The molecule has 0 radical (unpaired) electrons. The van der Waals surface area contributed by atoms with Gasteiger partial charge in [0.25, 0.3) is 0 Å². The maximum atomic E-state index is 13.8. The van der Waals surface area contributed by atoms with Crippen LogP contribution in [0.15, 0.2) is 18.2 Å². The van der Waals surface area contributed by atoms with E-state index in [1.807, 2.05) is 6.92 Å². The Morgan fingerprint density at radius 3 is 2.89 bits per heavy atom. The minimum Gasteiger partial charge on any atom is -0.376 e. The predicted molar refractivity (Wildman–Crippen MR) is 63.3 cm³/mol. The molecule has 1 aromatic carbocycles. The molecule has 1 aliphatic heterocycles. The van der Waals surface area contributed by atoms with E-state index >= 15 is 0 Å². The summed E-state index contributed by atoms with van der Waals surface area (Å²) in [4.78, 5) is 0. The van der Waals surface area contributed by atoms with Gasteiger partial charge in [0, 0.05) is 5.56 Å². The second kappa shape index (κ2) is 6.22. The number of benzene rings is 1. The minimum atomic E-state index is -0.841. The van der Waals surface area contributed by atoms with Crippen LogP contribution in [0, 0.1) is 11.6 Å². The van der Waals surface area contributed by atoms with Crippen LogP contribution in [0.1, 0.15) is 18.5 Å². The van der Waals surface area contributed by atoms with E-state index < -0.39 is 17.7 Å².